The van der Waals surface area contributed by atoms with Crippen LogP contribution in [0.15, 0.2) is 35.8 Å². The van der Waals surface area contributed by atoms with Gasteiger partial charge in [-0.2, -0.15) is 0 Å². The second-order valence-electron chi connectivity index (χ2n) is 4.55. The maximum Gasteiger partial charge on any atom is 0.326 e. The van der Waals surface area contributed by atoms with E-state index in [-0.39, 0.29) is 5.69 Å². The molecular weight excluding hydrogens is 288 g/mol. The van der Waals surface area contributed by atoms with Crippen LogP contribution in [0.3, 0.4) is 0 Å². The van der Waals surface area contributed by atoms with Crippen molar-refractivity contribution in [1.29, 1.82) is 0 Å². The van der Waals surface area contributed by atoms with Gasteiger partial charge in [0.15, 0.2) is 0 Å². The van der Waals surface area contributed by atoms with Gasteiger partial charge in [-0.15, -0.1) is 11.3 Å². The first kappa shape index (κ1) is 15.2. The predicted molar refractivity (Wildman–Crippen MR) is 81.3 cm³/mol. The van der Waals surface area contributed by atoms with E-state index >= 15 is 0 Å². The maximum absolute atomic E-state index is 12.3. The van der Waals surface area contributed by atoms with E-state index in [0.717, 1.165) is 10.4 Å². The molecule has 0 fully saturated rings. The molecule has 1 aromatic heterocycles. The Morgan fingerprint density at radius 2 is 2.05 bits per heavy atom. The van der Waals surface area contributed by atoms with Crippen molar-refractivity contribution in [2.75, 3.05) is 0 Å². The minimum absolute atomic E-state index is 0.272. The second-order valence-corrected chi connectivity index (χ2v) is 5.40. The van der Waals surface area contributed by atoms with Gasteiger partial charge in [-0.3, -0.25) is 4.79 Å². The molecule has 2 N–H and O–H groups in total. The zero-order chi connectivity index (χ0) is 15.2. The highest BCUT2D eigenvalue weighted by atomic mass is 32.1. The lowest BCUT2D eigenvalue weighted by Crippen LogP contribution is -2.40. The fourth-order valence-corrected chi connectivity index (χ4v) is 2.77. The number of hydrogen-bond acceptors (Lipinski definition) is 4. The van der Waals surface area contributed by atoms with Gasteiger partial charge in [0.25, 0.3) is 5.91 Å². The van der Waals surface area contributed by atoms with Gasteiger partial charge in [-0.25, -0.2) is 9.78 Å². The summed E-state index contributed by atoms with van der Waals surface area (Å²) in [6.07, 6.45) is 1.08. The molecule has 0 aliphatic carbocycles. The molecule has 0 aliphatic rings. The van der Waals surface area contributed by atoms with Crippen LogP contribution >= 0.6 is 11.3 Å². The SMILES string of the molecule is CCCC(NC(=O)c1ncsc1-c1ccccc1)C(=O)O. The number of nitrogens with one attached hydrogen (secondary N) is 1. The Morgan fingerprint density at radius 1 is 1.33 bits per heavy atom. The molecule has 0 saturated carbocycles. The molecule has 1 amide bonds. The molecule has 1 atom stereocenters. The summed E-state index contributed by atoms with van der Waals surface area (Å²) in [5.74, 6) is -1.47. The van der Waals surface area contributed by atoms with Crippen LogP contribution in [0.5, 0.6) is 0 Å². The lowest BCUT2D eigenvalue weighted by atomic mass is 10.1. The third-order valence-corrected chi connectivity index (χ3v) is 3.87. The van der Waals surface area contributed by atoms with E-state index < -0.39 is 17.9 Å². The number of carboxylic acids is 1. The van der Waals surface area contributed by atoms with Crippen molar-refractivity contribution < 1.29 is 14.7 Å². The highest BCUT2D eigenvalue weighted by Crippen LogP contribution is 2.27. The summed E-state index contributed by atoms with van der Waals surface area (Å²) >= 11 is 1.36. The summed E-state index contributed by atoms with van der Waals surface area (Å²) in [6.45, 7) is 1.88. The van der Waals surface area contributed by atoms with Crippen LogP contribution in [0.4, 0.5) is 0 Å². The van der Waals surface area contributed by atoms with Gasteiger partial charge >= 0.3 is 5.97 Å². The van der Waals surface area contributed by atoms with E-state index in [0.29, 0.717) is 12.8 Å². The van der Waals surface area contributed by atoms with E-state index in [1.807, 2.05) is 37.3 Å². The van der Waals surface area contributed by atoms with E-state index in [9.17, 15) is 9.59 Å². The number of carbonyl (C=O) groups is 2. The Hall–Kier alpha value is -2.21. The highest BCUT2D eigenvalue weighted by Gasteiger charge is 2.23. The second kappa shape index (κ2) is 6.99. The largest absolute Gasteiger partial charge is 0.480 e. The molecule has 110 valence electrons. The minimum Gasteiger partial charge on any atom is -0.480 e. The maximum atomic E-state index is 12.3. The van der Waals surface area contributed by atoms with E-state index in [1.165, 1.54) is 11.3 Å². The molecule has 2 aromatic rings. The van der Waals surface area contributed by atoms with Crippen molar-refractivity contribution >= 4 is 23.2 Å². The molecule has 0 spiro atoms. The van der Waals surface area contributed by atoms with Gasteiger partial charge in [0.2, 0.25) is 0 Å². The first-order valence-electron chi connectivity index (χ1n) is 6.66. The van der Waals surface area contributed by atoms with E-state index in [4.69, 9.17) is 5.11 Å². The Bertz CT molecular complexity index is 625. The topological polar surface area (TPSA) is 79.3 Å². The molecule has 5 nitrogen and oxygen atoms in total. The summed E-state index contributed by atoms with van der Waals surface area (Å²) in [7, 11) is 0. The summed E-state index contributed by atoms with van der Waals surface area (Å²) in [4.78, 5) is 28.2. The molecule has 0 radical (unpaired) electrons. The van der Waals surface area contributed by atoms with Gasteiger partial charge < -0.3 is 10.4 Å². The Labute approximate surface area is 126 Å². The number of nitrogens with zero attached hydrogens (tertiary/aromatic N) is 1. The van der Waals surface area contributed by atoms with Crippen LogP contribution in [0, 0.1) is 0 Å². The van der Waals surface area contributed by atoms with Crippen LogP contribution in [-0.4, -0.2) is 28.0 Å². The predicted octanol–water partition coefficient (Wildman–Crippen LogP) is 2.79. The monoisotopic (exact) mass is 304 g/mol. The average molecular weight is 304 g/mol. The quantitative estimate of drug-likeness (QED) is 0.860. The molecule has 1 heterocycles. The van der Waals surface area contributed by atoms with E-state index in [2.05, 4.69) is 10.3 Å². The number of benzene rings is 1. The van der Waals surface area contributed by atoms with Gasteiger partial charge in [0, 0.05) is 0 Å². The summed E-state index contributed by atoms with van der Waals surface area (Å²) in [5, 5.41) is 11.6. The highest BCUT2D eigenvalue weighted by molar-refractivity contribution is 7.13. The van der Waals surface area contributed by atoms with Crippen LogP contribution in [0.2, 0.25) is 0 Å². The smallest absolute Gasteiger partial charge is 0.326 e. The van der Waals surface area contributed by atoms with Gasteiger partial charge in [-0.1, -0.05) is 43.7 Å². The van der Waals surface area contributed by atoms with Crippen molar-refractivity contribution in [3.05, 3.63) is 41.5 Å². The number of aromatic nitrogens is 1. The molecule has 0 saturated heterocycles. The third kappa shape index (κ3) is 3.66. The molecule has 1 aromatic carbocycles. The summed E-state index contributed by atoms with van der Waals surface area (Å²) in [6, 6.07) is 8.57. The number of carbonyl (C=O) groups excluding carboxylic acids is 1. The van der Waals surface area contributed by atoms with Gasteiger partial charge in [0.1, 0.15) is 11.7 Å². The number of thiazole rings is 1. The Balaban J connectivity index is 2.21. The Kier molecular flexibility index (Phi) is 5.05. The number of carboxylic acid groups (broad SMARTS) is 1. The number of rotatable bonds is 6. The fourth-order valence-electron chi connectivity index (χ4n) is 1.97. The molecule has 2 rings (SSSR count). The first-order chi connectivity index (χ1) is 10.1. The van der Waals surface area contributed by atoms with Crippen molar-refractivity contribution in [3.63, 3.8) is 0 Å². The lowest BCUT2D eigenvalue weighted by molar-refractivity contribution is -0.139. The summed E-state index contributed by atoms with van der Waals surface area (Å²) in [5.41, 5.74) is 2.76. The van der Waals surface area contributed by atoms with Crippen molar-refractivity contribution in [1.82, 2.24) is 10.3 Å². The van der Waals surface area contributed by atoms with E-state index in [1.54, 1.807) is 5.51 Å². The van der Waals surface area contributed by atoms with Crippen LogP contribution in [-0.2, 0) is 4.79 Å². The Morgan fingerprint density at radius 3 is 2.67 bits per heavy atom. The number of hydrogen-bond donors (Lipinski definition) is 2. The average Bonchev–Trinajstić information content (AvgIpc) is 2.97. The fraction of sp³-hybridized carbons (Fsp3) is 0.267. The third-order valence-electron chi connectivity index (χ3n) is 3.00. The van der Waals surface area contributed by atoms with Gasteiger partial charge in [-0.05, 0) is 12.0 Å². The van der Waals surface area contributed by atoms with Crippen LogP contribution < -0.4 is 5.32 Å². The van der Waals surface area contributed by atoms with Crippen LogP contribution in [0.25, 0.3) is 10.4 Å². The first-order valence-corrected chi connectivity index (χ1v) is 7.54. The standard InChI is InChI=1S/C15H16N2O3S/c1-2-6-11(15(19)20)17-14(18)12-13(21-9-16-12)10-7-4-3-5-8-10/h3-5,7-9,11H,2,6H2,1H3,(H,17,18)(H,19,20). The molecule has 6 heteroatoms. The number of amides is 1. The molecule has 0 bridgehead atoms. The molecule has 21 heavy (non-hydrogen) atoms. The van der Waals surface area contributed by atoms with Crippen molar-refractivity contribution in [2.45, 2.75) is 25.8 Å². The van der Waals surface area contributed by atoms with Gasteiger partial charge in [0.05, 0.1) is 10.4 Å². The normalized spacial score (nSPS) is 11.9. The molecule has 1 unspecified atom stereocenters. The van der Waals surface area contributed by atoms with Crippen LogP contribution in [0.1, 0.15) is 30.3 Å². The minimum atomic E-state index is -1.03. The lowest BCUT2D eigenvalue weighted by Gasteiger charge is -2.13. The molecular formula is C15H16N2O3S. The zero-order valence-electron chi connectivity index (χ0n) is 11.6. The van der Waals surface area contributed by atoms with Crippen molar-refractivity contribution in [3.8, 4) is 10.4 Å². The van der Waals surface area contributed by atoms with Crippen molar-refractivity contribution in [2.24, 2.45) is 0 Å². The summed E-state index contributed by atoms with van der Waals surface area (Å²) < 4.78 is 0. The molecule has 0 aliphatic heterocycles. The zero-order valence-corrected chi connectivity index (χ0v) is 12.4. The number of aliphatic carboxylic acids is 1.